The number of urea groups is 1. The van der Waals surface area contributed by atoms with Gasteiger partial charge in [-0.25, -0.2) is 4.79 Å². The third kappa shape index (κ3) is 5.91. The van der Waals surface area contributed by atoms with Crippen LogP contribution in [0.1, 0.15) is 73.4 Å². The Kier molecular flexibility index (Phi) is 7.76. The predicted molar refractivity (Wildman–Crippen MR) is 140 cm³/mol. The minimum absolute atomic E-state index is 0.0423. The van der Waals surface area contributed by atoms with Crippen LogP contribution in [-0.4, -0.2) is 31.1 Å². The monoisotopic (exact) mass is 462 g/mol. The molecule has 2 aromatic carbocycles. The number of benzene rings is 2. The normalized spacial score (nSPS) is 17.3. The van der Waals surface area contributed by atoms with Gasteiger partial charge in [-0.2, -0.15) is 0 Å². The number of anilines is 3. The molecule has 1 heterocycles. The fourth-order valence-corrected chi connectivity index (χ4v) is 5.12. The minimum Gasteiger partial charge on any atom is -0.371 e. The van der Waals surface area contributed by atoms with Gasteiger partial charge in [0.1, 0.15) is 0 Å². The predicted octanol–water partition coefficient (Wildman–Crippen LogP) is 6.25. The molecule has 3 N–H and O–H groups in total. The van der Waals surface area contributed by atoms with Gasteiger partial charge in [0.2, 0.25) is 0 Å². The van der Waals surface area contributed by atoms with Crippen LogP contribution in [0.5, 0.6) is 0 Å². The number of nitrogens with one attached hydrogen (secondary N) is 3. The lowest BCUT2D eigenvalue weighted by Crippen LogP contribution is -2.38. The molecule has 2 aliphatic rings. The first-order chi connectivity index (χ1) is 16.4. The van der Waals surface area contributed by atoms with E-state index >= 15 is 0 Å². The smallest absolute Gasteiger partial charge is 0.323 e. The number of aryl methyl sites for hydroxylation is 2. The first kappa shape index (κ1) is 24.1. The van der Waals surface area contributed by atoms with Crippen molar-refractivity contribution in [2.45, 2.75) is 71.8 Å². The molecule has 2 aromatic rings. The van der Waals surface area contributed by atoms with Gasteiger partial charge < -0.3 is 20.9 Å². The third-order valence-electron chi connectivity index (χ3n) is 7.28. The lowest BCUT2D eigenvalue weighted by Gasteiger charge is -2.34. The number of para-hydroxylation sites is 1. The summed E-state index contributed by atoms with van der Waals surface area (Å²) in [6, 6.07) is 11.6. The summed E-state index contributed by atoms with van der Waals surface area (Å²) in [5.41, 5.74) is 5.06. The van der Waals surface area contributed by atoms with Crippen LogP contribution in [0, 0.1) is 19.8 Å². The van der Waals surface area contributed by atoms with Gasteiger partial charge in [-0.15, -0.1) is 0 Å². The Morgan fingerprint density at radius 3 is 2.24 bits per heavy atom. The Bertz CT molecular complexity index is 1000. The number of carbonyl (C=O) groups excluding carboxylic acids is 2. The average molecular weight is 463 g/mol. The summed E-state index contributed by atoms with van der Waals surface area (Å²) in [6.07, 6.45) is 7.92. The highest BCUT2D eigenvalue weighted by Crippen LogP contribution is 2.30. The second-order valence-electron chi connectivity index (χ2n) is 10.1. The lowest BCUT2D eigenvalue weighted by molar-refractivity contribution is 0.0928. The van der Waals surface area contributed by atoms with Gasteiger partial charge in [0.15, 0.2) is 0 Å². The molecule has 0 aromatic heterocycles. The molecular formula is C28H38N4O2. The molecular weight excluding hydrogens is 424 g/mol. The molecule has 3 amide bonds. The number of hydrogen-bond donors (Lipinski definition) is 3. The first-order valence-electron chi connectivity index (χ1n) is 12.7. The quantitative estimate of drug-likeness (QED) is 0.492. The molecule has 34 heavy (non-hydrogen) atoms. The minimum atomic E-state index is -0.310. The molecule has 0 unspecified atom stereocenters. The summed E-state index contributed by atoms with van der Waals surface area (Å²) in [6.45, 7) is 8.14. The van der Waals surface area contributed by atoms with E-state index in [1.807, 2.05) is 50.2 Å². The third-order valence-corrected chi connectivity index (χ3v) is 7.28. The Morgan fingerprint density at radius 2 is 1.56 bits per heavy atom. The van der Waals surface area contributed by atoms with E-state index in [2.05, 4.69) is 27.8 Å². The largest absolute Gasteiger partial charge is 0.371 e. The summed E-state index contributed by atoms with van der Waals surface area (Å²) in [4.78, 5) is 28.5. The summed E-state index contributed by atoms with van der Waals surface area (Å²) in [5.74, 6) is 0.671. The summed E-state index contributed by atoms with van der Waals surface area (Å²) >= 11 is 0. The molecule has 4 rings (SSSR count). The van der Waals surface area contributed by atoms with E-state index in [9.17, 15) is 9.59 Å². The van der Waals surface area contributed by atoms with Gasteiger partial charge in [0.25, 0.3) is 5.91 Å². The van der Waals surface area contributed by atoms with E-state index in [4.69, 9.17) is 0 Å². The number of rotatable bonds is 5. The molecule has 2 fully saturated rings. The highest BCUT2D eigenvalue weighted by molar-refractivity contribution is 6.04. The summed E-state index contributed by atoms with van der Waals surface area (Å²) in [7, 11) is 0. The Balaban J connectivity index is 1.54. The van der Waals surface area contributed by atoms with E-state index in [1.165, 1.54) is 19.3 Å². The van der Waals surface area contributed by atoms with E-state index in [1.54, 1.807) is 0 Å². The Labute approximate surface area is 203 Å². The topological polar surface area (TPSA) is 73.5 Å². The average Bonchev–Trinajstić information content (AvgIpc) is 2.83. The van der Waals surface area contributed by atoms with Gasteiger partial charge in [0.05, 0.1) is 5.56 Å². The van der Waals surface area contributed by atoms with Gasteiger partial charge in [-0.1, -0.05) is 44.4 Å². The molecule has 6 heteroatoms. The zero-order chi connectivity index (χ0) is 24.1. The van der Waals surface area contributed by atoms with Crippen molar-refractivity contribution in [2.75, 3.05) is 28.6 Å². The molecule has 0 atom stereocenters. The molecule has 0 bridgehead atoms. The van der Waals surface area contributed by atoms with Crippen molar-refractivity contribution in [3.8, 4) is 0 Å². The van der Waals surface area contributed by atoms with Crippen LogP contribution in [0.15, 0.2) is 36.4 Å². The van der Waals surface area contributed by atoms with Crippen molar-refractivity contribution in [2.24, 2.45) is 5.92 Å². The first-order valence-corrected chi connectivity index (χ1v) is 12.7. The Hall–Kier alpha value is -3.02. The maximum Gasteiger partial charge on any atom is 0.323 e. The molecule has 182 valence electrons. The molecule has 1 saturated heterocycles. The lowest BCUT2D eigenvalue weighted by atomic mass is 9.95. The van der Waals surface area contributed by atoms with Crippen LogP contribution in [0.3, 0.4) is 0 Å². The maximum absolute atomic E-state index is 13.4. The number of carbonyl (C=O) groups is 2. The van der Waals surface area contributed by atoms with E-state index in [-0.39, 0.29) is 18.0 Å². The second-order valence-corrected chi connectivity index (χ2v) is 10.1. The van der Waals surface area contributed by atoms with Gasteiger partial charge in [0, 0.05) is 36.2 Å². The van der Waals surface area contributed by atoms with E-state index in [0.717, 1.165) is 61.3 Å². The van der Waals surface area contributed by atoms with Crippen LogP contribution in [0.4, 0.5) is 21.9 Å². The molecule has 1 aliphatic carbocycles. The molecule has 1 aliphatic heterocycles. The van der Waals surface area contributed by atoms with E-state index in [0.29, 0.717) is 17.2 Å². The van der Waals surface area contributed by atoms with Crippen LogP contribution in [-0.2, 0) is 0 Å². The van der Waals surface area contributed by atoms with Crippen molar-refractivity contribution >= 4 is 29.0 Å². The van der Waals surface area contributed by atoms with Gasteiger partial charge >= 0.3 is 6.03 Å². The zero-order valence-corrected chi connectivity index (χ0v) is 20.7. The van der Waals surface area contributed by atoms with Crippen LogP contribution in [0.2, 0.25) is 0 Å². The number of hydrogen-bond acceptors (Lipinski definition) is 3. The fourth-order valence-electron chi connectivity index (χ4n) is 5.12. The van der Waals surface area contributed by atoms with Gasteiger partial charge in [-0.05, 0) is 74.8 Å². The van der Waals surface area contributed by atoms with Crippen molar-refractivity contribution in [3.05, 3.63) is 53.1 Å². The van der Waals surface area contributed by atoms with Crippen molar-refractivity contribution < 1.29 is 9.59 Å². The van der Waals surface area contributed by atoms with Crippen LogP contribution >= 0.6 is 0 Å². The molecule has 0 radical (unpaired) electrons. The zero-order valence-electron chi connectivity index (χ0n) is 20.7. The number of amides is 3. The number of piperidine rings is 1. The van der Waals surface area contributed by atoms with Crippen LogP contribution in [0.25, 0.3) is 0 Å². The van der Waals surface area contributed by atoms with Crippen molar-refractivity contribution in [1.29, 1.82) is 0 Å². The number of nitrogens with zero attached hydrogens (tertiary/aromatic N) is 1. The summed E-state index contributed by atoms with van der Waals surface area (Å²) < 4.78 is 0. The van der Waals surface area contributed by atoms with Crippen LogP contribution < -0.4 is 20.9 Å². The van der Waals surface area contributed by atoms with E-state index < -0.39 is 0 Å². The maximum atomic E-state index is 13.4. The SMILES string of the molecule is Cc1cccc(C)c1NC(=O)Nc1ccc(N2CCC(C)CC2)c(C(=O)NC2CCCCC2)c1. The second kappa shape index (κ2) is 10.9. The molecule has 6 nitrogen and oxygen atoms in total. The fraction of sp³-hybridized carbons (Fsp3) is 0.500. The van der Waals surface area contributed by atoms with Crippen molar-refractivity contribution in [3.63, 3.8) is 0 Å². The van der Waals surface area contributed by atoms with Crippen molar-refractivity contribution in [1.82, 2.24) is 5.32 Å². The van der Waals surface area contributed by atoms with Gasteiger partial charge in [-0.3, -0.25) is 4.79 Å². The Morgan fingerprint density at radius 1 is 0.882 bits per heavy atom. The highest BCUT2D eigenvalue weighted by atomic mass is 16.2. The summed E-state index contributed by atoms with van der Waals surface area (Å²) in [5, 5.41) is 9.16. The highest BCUT2D eigenvalue weighted by Gasteiger charge is 2.24. The molecule has 1 saturated carbocycles. The molecule has 0 spiro atoms. The standard InChI is InChI=1S/C28H38N4O2/c1-19-14-16-32(17-15-19)25-13-12-23(18-24(25)27(33)29-22-10-5-4-6-11-22)30-28(34)31-26-20(2)8-7-9-21(26)3/h7-9,12-13,18-19,22H,4-6,10-11,14-17H2,1-3H3,(H,29,33)(H2,30,31,34).